The minimum Gasteiger partial charge on any atom is -0.289 e. The second-order valence-electron chi connectivity index (χ2n) is 9.49. The molecule has 1 aliphatic rings. The molecule has 0 fully saturated rings. The van der Waals surface area contributed by atoms with E-state index >= 15 is 0 Å². The van der Waals surface area contributed by atoms with E-state index in [1.165, 1.54) is 25.7 Å². The van der Waals surface area contributed by atoms with Crippen molar-refractivity contribution in [1.82, 2.24) is 0 Å². The fourth-order valence-corrected chi connectivity index (χ4v) is 4.52. The highest BCUT2D eigenvalue weighted by atomic mass is 16.1. The molecule has 0 N–H and O–H groups in total. The molecular formula is C28H36O2. The van der Waals surface area contributed by atoms with Crippen LogP contribution in [0.4, 0.5) is 0 Å². The zero-order chi connectivity index (χ0) is 21.7. The van der Waals surface area contributed by atoms with Gasteiger partial charge in [-0.1, -0.05) is 84.1 Å². The molecule has 1 aliphatic carbocycles. The summed E-state index contributed by atoms with van der Waals surface area (Å²) in [7, 11) is 0. The molecular weight excluding hydrogens is 368 g/mol. The van der Waals surface area contributed by atoms with Crippen LogP contribution in [0.5, 0.6) is 0 Å². The molecule has 160 valence electrons. The third-order valence-corrected chi connectivity index (χ3v) is 6.33. The molecule has 0 heterocycles. The van der Waals surface area contributed by atoms with Gasteiger partial charge in [-0.25, -0.2) is 0 Å². The second kappa shape index (κ2) is 10.2. The first kappa shape index (κ1) is 22.5. The van der Waals surface area contributed by atoms with Crippen LogP contribution in [0.25, 0.3) is 0 Å². The Morgan fingerprint density at radius 2 is 1.20 bits per heavy atom. The molecule has 0 aromatic heterocycles. The van der Waals surface area contributed by atoms with Crippen molar-refractivity contribution in [2.24, 2.45) is 11.8 Å². The minimum absolute atomic E-state index is 0.00135. The van der Waals surface area contributed by atoms with Gasteiger partial charge in [0, 0.05) is 22.3 Å². The quantitative estimate of drug-likeness (QED) is 0.358. The average Bonchev–Trinajstić information content (AvgIpc) is 2.72. The third-order valence-electron chi connectivity index (χ3n) is 6.33. The topological polar surface area (TPSA) is 34.1 Å². The molecule has 0 saturated heterocycles. The normalized spacial score (nSPS) is 14.0. The fourth-order valence-electron chi connectivity index (χ4n) is 4.52. The summed E-state index contributed by atoms with van der Waals surface area (Å²) in [6.07, 6.45) is 9.18. The molecule has 0 radical (unpaired) electrons. The number of ketones is 2. The highest BCUT2D eigenvalue weighted by molar-refractivity contribution is 6.28. The Balaban J connectivity index is 1.67. The van der Waals surface area contributed by atoms with Gasteiger partial charge in [-0.3, -0.25) is 9.59 Å². The maximum absolute atomic E-state index is 13.2. The number of hydrogen-bond acceptors (Lipinski definition) is 2. The van der Waals surface area contributed by atoms with Gasteiger partial charge in [0.05, 0.1) is 0 Å². The Morgan fingerprint density at radius 3 is 1.77 bits per heavy atom. The lowest BCUT2D eigenvalue weighted by Gasteiger charge is -2.19. The first-order chi connectivity index (χ1) is 14.4. The molecule has 2 aromatic carbocycles. The lowest BCUT2D eigenvalue weighted by Crippen LogP contribution is -2.21. The molecule has 0 saturated carbocycles. The van der Waals surface area contributed by atoms with Crippen LogP contribution < -0.4 is 0 Å². The van der Waals surface area contributed by atoms with Crippen molar-refractivity contribution in [1.29, 1.82) is 0 Å². The zero-order valence-electron chi connectivity index (χ0n) is 19.1. The number of aryl methyl sites for hydroxylation is 2. The van der Waals surface area contributed by atoms with Crippen molar-refractivity contribution in [2.75, 3.05) is 0 Å². The predicted molar refractivity (Wildman–Crippen MR) is 125 cm³/mol. The maximum atomic E-state index is 13.2. The van der Waals surface area contributed by atoms with E-state index < -0.39 is 0 Å². The van der Waals surface area contributed by atoms with Crippen LogP contribution in [0.15, 0.2) is 36.4 Å². The summed E-state index contributed by atoms with van der Waals surface area (Å²) in [5.74, 6) is 1.51. The van der Waals surface area contributed by atoms with Gasteiger partial charge in [0.2, 0.25) is 0 Å². The predicted octanol–water partition coefficient (Wildman–Crippen LogP) is 7.20. The van der Waals surface area contributed by atoms with Gasteiger partial charge in [0.25, 0.3) is 0 Å². The van der Waals surface area contributed by atoms with Crippen molar-refractivity contribution >= 4 is 11.6 Å². The number of carbonyl (C=O) groups is 2. The minimum atomic E-state index is -0.0204. The van der Waals surface area contributed by atoms with Crippen molar-refractivity contribution in [3.63, 3.8) is 0 Å². The smallest absolute Gasteiger partial charge is 0.194 e. The first-order valence-corrected chi connectivity index (χ1v) is 11.8. The summed E-state index contributed by atoms with van der Waals surface area (Å²) in [5.41, 5.74) is 4.57. The Hall–Kier alpha value is -2.22. The third kappa shape index (κ3) is 5.28. The molecule has 2 nitrogen and oxygen atoms in total. The van der Waals surface area contributed by atoms with Crippen molar-refractivity contribution in [3.8, 4) is 0 Å². The van der Waals surface area contributed by atoms with E-state index in [-0.39, 0.29) is 11.6 Å². The molecule has 0 amide bonds. The molecule has 2 aromatic rings. The number of fused-ring (bicyclic) bond motifs is 2. The van der Waals surface area contributed by atoms with Crippen LogP contribution >= 0.6 is 0 Å². The summed E-state index contributed by atoms with van der Waals surface area (Å²) in [4.78, 5) is 26.1. The second-order valence-corrected chi connectivity index (χ2v) is 9.49. The van der Waals surface area contributed by atoms with E-state index in [1.54, 1.807) is 0 Å². The lowest BCUT2D eigenvalue weighted by molar-refractivity contribution is 0.0979. The highest BCUT2D eigenvalue weighted by Crippen LogP contribution is 2.29. The largest absolute Gasteiger partial charge is 0.289 e. The lowest BCUT2D eigenvalue weighted by atomic mass is 9.82. The van der Waals surface area contributed by atoms with Crippen LogP contribution in [0.3, 0.4) is 0 Å². The van der Waals surface area contributed by atoms with Crippen molar-refractivity contribution in [3.05, 3.63) is 69.8 Å². The van der Waals surface area contributed by atoms with Crippen LogP contribution in [0.2, 0.25) is 0 Å². The van der Waals surface area contributed by atoms with Gasteiger partial charge < -0.3 is 0 Å². The maximum Gasteiger partial charge on any atom is 0.194 e. The number of benzene rings is 2. The van der Waals surface area contributed by atoms with Gasteiger partial charge >= 0.3 is 0 Å². The first-order valence-electron chi connectivity index (χ1n) is 11.8. The standard InChI is InChI=1S/C28H36O2/c1-5-8-21-13-15-23-25(17-21)28(30)26-18-22(14-16-24(26)27(23)29)12-7-11-20(4)10-6-9-19(2)3/h13-20H,5-12H2,1-4H3. The zero-order valence-corrected chi connectivity index (χ0v) is 19.1. The SMILES string of the molecule is CCCc1ccc2c(c1)C(=O)c1cc(CCCC(C)CCCC(C)C)ccc1C2=O. The van der Waals surface area contributed by atoms with Crippen molar-refractivity contribution < 1.29 is 9.59 Å². The number of hydrogen-bond donors (Lipinski definition) is 0. The van der Waals surface area contributed by atoms with Gasteiger partial charge in [-0.15, -0.1) is 0 Å². The van der Waals surface area contributed by atoms with Crippen molar-refractivity contribution in [2.45, 2.75) is 79.1 Å². The van der Waals surface area contributed by atoms with Gasteiger partial charge in [0.1, 0.15) is 0 Å². The molecule has 2 heteroatoms. The summed E-state index contributed by atoms with van der Waals surface area (Å²) >= 11 is 0. The Morgan fingerprint density at radius 1 is 0.667 bits per heavy atom. The van der Waals surface area contributed by atoms with E-state index in [9.17, 15) is 9.59 Å². The van der Waals surface area contributed by atoms with E-state index in [0.717, 1.165) is 48.6 Å². The van der Waals surface area contributed by atoms with Crippen LogP contribution in [-0.2, 0) is 12.8 Å². The molecule has 0 bridgehead atoms. The van der Waals surface area contributed by atoms with Gasteiger partial charge in [-0.2, -0.15) is 0 Å². The Bertz CT molecular complexity index is 907. The van der Waals surface area contributed by atoms with Crippen LogP contribution in [0, 0.1) is 11.8 Å². The van der Waals surface area contributed by atoms with E-state index in [1.807, 2.05) is 36.4 Å². The number of carbonyl (C=O) groups excluding carboxylic acids is 2. The van der Waals surface area contributed by atoms with Crippen LogP contribution in [-0.4, -0.2) is 11.6 Å². The monoisotopic (exact) mass is 404 g/mol. The molecule has 30 heavy (non-hydrogen) atoms. The van der Waals surface area contributed by atoms with E-state index in [0.29, 0.717) is 22.3 Å². The molecule has 1 atom stereocenters. The van der Waals surface area contributed by atoms with Gasteiger partial charge in [-0.05, 0) is 54.4 Å². The van der Waals surface area contributed by atoms with E-state index in [2.05, 4.69) is 27.7 Å². The summed E-state index contributed by atoms with van der Waals surface area (Å²) in [5, 5.41) is 0. The molecule has 1 unspecified atom stereocenters. The van der Waals surface area contributed by atoms with E-state index in [4.69, 9.17) is 0 Å². The Kier molecular flexibility index (Phi) is 7.64. The number of rotatable bonds is 10. The highest BCUT2D eigenvalue weighted by Gasteiger charge is 2.29. The Labute approximate surface area is 182 Å². The summed E-state index contributed by atoms with van der Waals surface area (Å²) < 4.78 is 0. The van der Waals surface area contributed by atoms with Gasteiger partial charge in [0.15, 0.2) is 11.6 Å². The fraction of sp³-hybridized carbons (Fsp3) is 0.500. The average molecular weight is 405 g/mol. The molecule has 0 aliphatic heterocycles. The molecule has 0 spiro atoms. The summed E-state index contributed by atoms with van der Waals surface area (Å²) in [6.45, 7) is 9.05. The molecule has 3 rings (SSSR count). The summed E-state index contributed by atoms with van der Waals surface area (Å²) in [6, 6.07) is 11.6. The van der Waals surface area contributed by atoms with Crippen LogP contribution in [0.1, 0.15) is 109 Å².